The summed E-state index contributed by atoms with van der Waals surface area (Å²) in [5.74, 6) is -14.1. The molecule has 0 radical (unpaired) electrons. The molecule has 0 saturated heterocycles. The van der Waals surface area contributed by atoms with E-state index in [4.69, 9.17) is 28.2 Å². The molecule has 5 amide bonds. The highest BCUT2D eigenvalue weighted by Gasteiger charge is 2.31. The second-order valence-electron chi connectivity index (χ2n) is 13.3. The lowest BCUT2D eigenvalue weighted by molar-refractivity contribution is -0.143. The van der Waals surface area contributed by atoms with Crippen molar-refractivity contribution in [2.45, 2.75) is 93.7 Å². The third-order valence-corrected chi connectivity index (χ3v) is 8.98. The normalized spacial score (nSPS) is 14.0. The van der Waals surface area contributed by atoms with Gasteiger partial charge < -0.3 is 73.6 Å². The highest BCUT2D eigenvalue weighted by molar-refractivity contribution is 7.80. The van der Waals surface area contributed by atoms with Crippen molar-refractivity contribution in [3.63, 3.8) is 0 Å². The fourth-order valence-corrected chi connectivity index (χ4v) is 5.62. The van der Waals surface area contributed by atoms with Crippen LogP contribution in [0, 0.1) is 0 Å². The molecule has 7 atom stereocenters. The summed E-state index contributed by atoms with van der Waals surface area (Å²) >= 11 is 8.74. The van der Waals surface area contributed by atoms with Crippen LogP contribution in [0.5, 0.6) is 0 Å². The number of carbonyl (C=O) groups is 11. The van der Waals surface area contributed by atoms with E-state index >= 15 is 0 Å². The topological polar surface area (TPSA) is 419 Å². The van der Waals surface area contributed by atoms with Crippen LogP contribution in [0.25, 0.3) is 0 Å². The minimum Gasteiger partial charge on any atom is -0.481 e. The second kappa shape index (κ2) is 27.3. The standard InChI is InChI=1S/C35H48N8O17S2/c36-17(28(50)40-22(13-27(48)49)30(52)41-23(15-61)34(59)60)14-37-29(51)21(12-16-4-2-1-3-5-16)39-25(45)9-6-18(31(53)54)38-24(44)10-7-19(32(55)56)42-35(62)43-20(33(57)58)8-11-26(46)47/h1-5,17-23,61H,6-15,36H2,(H,37,51)(H,38,44)(H,39,45)(H,40,50)(H,41,52)(H,46,47)(H,48,49)(H,53,54)(H,55,56)(H,57,58)(H,59,60)(H2,42,43,62)/t17-,18-,19-,20-,21-,22-,23-/m0/s1. The quantitative estimate of drug-likeness (QED) is 0.0269. The summed E-state index contributed by atoms with van der Waals surface area (Å²) in [6, 6.07) is -2.71. The van der Waals surface area contributed by atoms with Crippen molar-refractivity contribution in [2.75, 3.05) is 12.3 Å². The molecule has 62 heavy (non-hydrogen) atoms. The van der Waals surface area contributed by atoms with E-state index in [0.29, 0.717) is 5.56 Å². The zero-order valence-corrected chi connectivity index (χ0v) is 34.3. The Morgan fingerprint density at radius 2 is 1.00 bits per heavy atom. The molecule has 0 bridgehead atoms. The Morgan fingerprint density at radius 1 is 0.548 bits per heavy atom. The van der Waals surface area contributed by atoms with Gasteiger partial charge >= 0.3 is 35.8 Å². The number of benzene rings is 1. The Labute approximate surface area is 362 Å². The number of hydrogen-bond donors (Lipinski definition) is 15. The molecule has 27 heteroatoms. The van der Waals surface area contributed by atoms with Gasteiger partial charge in [-0.15, -0.1) is 0 Å². The van der Waals surface area contributed by atoms with Gasteiger partial charge in [0.15, 0.2) is 5.11 Å². The highest BCUT2D eigenvalue weighted by atomic mass is 32.1. The number of carboxylic acids is 6. The van der Waals surface area contributed by atoms with Crippen LogP contribution in [0.4, 0.5) is 0 Å². The number of hydrogen-bond acceptors (Lipinski definition) is 14. The molecule has 342 valence electrons. The molecule has 0 unspecified atom stereocenters. The maximum Gasteiger partial charge on any atom is 0.327 e. The molecule has 0 aliphatic rings. The zero-order chi connectivity index (χ0) is 47.1. The van der Waals surface area contributed by atoms with E-state index in [9.17, 15) is 73.2 Å². The van der Waals surface area contributed by atoms with Crippen LogP contribution in [0.15, 0.2) is 30.3 Å². The molecule has 0 heterocycles. The largest absolute Gasteiger partial charge is 0.481 e. The van der Waals surface area contributed by atoms with Gasteiger partial charge in [0.2, 0.25) is 29.5 Å². The van der Waals surface area contributed by atoms with E-state index in [0.717, 1.165) is 0 Å². The number of carbonyl (C=O) groups excluding carboxylic acids is 5. The molecule has 0 saturated carbocycles. The molecule has 25 nitrogen and oxygen atoms in total. The summed E-state index contributed by atoms with van der Waals surface area (Å²) in [4.78, 5) is 133. The second-order valence-corrected chi connectivity index (χ2v) is 14.0. The lowest BCUT2D eigenvalue weighted by atomic mass is 10.0. The fourth-order valence-electron chi connectivity index (χ4n) is 5.09. The first kappa shape index (κ1) is 53.4. The van der Waals surface area contributed by atoms with Gasteiger partial charge in [0.25, 0.3) is 0 Å². The molecule has 0 fully saturated rings. The lowest BCUT2D eigenvalue weighted by Crippen LogP contribution is -2.58. The molecule has 1 aromatic rings. The van der Waals surface area contributed by atoms with Crippen molar-refractivity contribution in [2.24, 2.45) is 5.73 Å². The predicted octanol–water partition coefficient (Wildman–Crippen LogP) is -4.02. The summed E-state index contributed by atoms with van der Waals surface area (Å²) in [6.07, 6.45) is -4.14. The van der Waals surface area contributed by atoms with Crippen LogP contribution < -0.4 is 43.0 Å². The number of rotatable bonds is 29. The van der Waals surface area contributed by atoms with Crippen molar-refractivity contribution < 1.29 is 83.4 Å². The Hall–Kier alpha value is -6.61. The van der Waals surface area contributed by atoms with E-state index in [1.54, 1.807) is 30.3 Å². The Balaban J connectivity index is 2.91. The van der Waals surface area contributed by atoms with E-state index < -0.39 is 164 Å². The predicted molar refractivity (Wildman–Crippen MR) is 217 cm³/mol. The van der Waals surface area contributed by atoms with Crippen LogP contribution in [-0.4, -0.2) is 156 Å². The molecular weight excluding hydrogens is 869 g/mol. The molecule has 0 aromatic heterocycles. The molecule has 0 spiro atoms. The van der Waals surface area contributed by atoms with E-state index in [1.165, 1.54) is 0 Å². The molecular formula is C35H48N8O17S2. The van der Waals surface area contributed by atoms with Crippen LogP contribution >= 0.6 is 24.8 Å². The Morgan fingerprint density at radius 3 is 1.45 bits per heavy atom. The minimum atomic E-state index is -1.77. The number of nitrogens with two attached hydrogens (primary N) is 1. The summed E-state index contributed by atoms with van der Waals surface area (Å²) in [5, 5.41) is 70.9. The monoisotopic (exact) mass is 916 g/mol. The first-order chi connectivity index (χ1) is 29.0. The van der Waals surface area contributed by atoms with Crippen molar-refractivity contribution in [3.05, 3.63) is 35.9 Å². The van der Waals surface area contributed by atoms with Gasteiger partial charge in [0.1, 0.15) is 42.3 Å². The van der Waals surface area contributed by atoms with Gasteiger partial charge in [0, 0.05) is 38.0 Å². The van der Waals surface area contributed by atoms with Gasteiger partial charge in [-0.05, 0) is 37.0 Å². The smallest absolute Gasteiger partial charge is 0.327 e. The van der Waals surface area contributed by atoms with Crippen LogP contribution in [0.2, 0.25) is 0 Å². The van der Waals surface area contributed by atoms with Crippen LogP contribution in [0.3, 0.4) is 0 Å². The number of thiol groups is 1. The first-order valence-electron chi connectivity index (χ1n) is 18.3. The van der Waals surface area contributed by atoms with Gasteiger partial charge in [-0.2, -0.15) is 12.6 Å². The third kappa shape index (κ3) is 21.1. The van der Waals surface area contributed by atoms with E-state index in [-0.39, 0.29) is 12.2 Å². The Kier molecular flexibility index (Phi) is 23.5. The summed E-state index contributed by atoms with van der Waals surface area (Å²) in [7, 11) is 0. The van der Waals surface area contributed by atoms with E-state index in [1.807, 2.05) is 5.32 Å². The number of nitrogens with one attached hydrogen (secondary N) is 7. The van der Waals surface area contributed by atoms with Gasteiger partial charge in [-0.3, -0.25) is 33.6 Å². The SMILES string of the molecule is N[C@@H](CNC(=O)[C@H](Cc1ccccc1)NC(=O)CC[C@H](NC(=O)CC[C@H](NC(=S)N[C@@H](CCC(=O)O)C(=O)O)C(=O)O)C(=O)O)C(=O)N[C@@H](CC(=O)O)C(=O)N[C@@H](CS)C(=O)O. The zero-order valence-electron chi connectivity index (χ0n) is 32.6. The molecule has 1 aromatic carbocycles. The number of carboxylic acid groups (broad SMARTS) is 6. The number of aliphatic carboxylic acids is 6. The molecule has 0 aliphatic carbocycles. The maximum atomic E-state index is 13.3. The van der Waals surface area contributed by atoms with Crippen molar-refractivity contribution in [1.82, 2.24) is 37.2 Å². The maximum absolute atomic E-state index is 13.3. The van der Waals surface area contributed by atoms with Gasteiger partial charge in [-0.1, -0.05) is 30.3 Å². The van der Waals surface area contributed by atoms with Crippen molar-refractivity contribution >= 4 is 95.3 Å². The van der Waals surface area contributed by atoms with Crippen LogP contribution in [-0.2, 0) is 59.2 Å². The van der Waals surface area contributed by atoms with Crippen molar-refractivity contribution in [1.29, 1.82) is 0 Å². The fraction of sp³-hybridized carbons (Fsp3) is 0.486. The highest BCUT2D eigenvalue weighted by Crippen LogP contribution is 2.07. The third-order valence-electron chi connectivity index (χ3n) is 8.38. The molecule has 1 rings (SSSR count). The Bertz CT molecular complexity index is 1820. The summed E-state index contributed by atoms with van der Waals surface area (Å²) in [5.41, 5.74) is 6.43. The van der Waals surface area contributed by atoms with E-state index in [2.05, 4.69) is 44.5 Å². The number of amides is 5. The first-order valence-corrected chi connectivity index (χ1v) is 19.4. The molecule has 0 aliphatic heterocycles. The average molecular weight is 917 g/mol. The minimum absolute atomic E-state index is 0.118. The van der Waals surface area contributed by atoms with Gasteiger partial charge in [-0.25, -0.2) is 19.2 Å². The number of thiocarbonyl (C=S) groups is 1. The van der Waals surface area contributed by atoms with Gasteiger partial charge in [0.05, 0.1) is 6.42 Å². The van der Waals surface area contributed by atoms with Crippen LogP contribution in [0.1, 0.15) is 50.5 Å². The molecule has 15 N–H and O–H groups in total. The average Bonchev–Trinajstić information content (AvgIpc) is 3.19. The lowest BCUT2D eigenvalue weighted by Gasteiger charge is -2.23. The van der Waals surface area contributed by atoms with Crippen molar-refractivity contribution in [3.8, 4) is 0 Å². The summed E-state index contributed by atoms with van der Waals surface area (Å²) < 4.78 is 0. The summed E-state index contributed by atoms with van der Waals surface area (Å²) in [6.45, 7) is -0.606.